The smallest absolute Gasteiger partial charge is 0.260 e. The molecule has 0 saturated heterocycles. The van der Waals surface area contributed by atoms with E-state index in [-0.39, 0.29) is 12.1 Å². The summed E-state index contributed by atoms with van der Waals surface area (Å²) < 4.78 is 25.7. The normalized spacial score (nSPS) is 31.5. The number of hydrogen-bond acceptors (Lipinski definition) is 2. The lowest BCUT2D eigenvalue weighted by atomic mass is 9.91. The molecule has 1 aliphatic carbocycles. The van der Waals surface area contributed by atoms with Gasteiger partial charge in [-0.15, -0.1) is 0 Å². The maximum atomic E-state index is 12.9. The molecule has 0 aromatic carbocycles. The van der Waals surface area contributed by atoms with Crippen LogP contribution in [0.3, 0.4) is 0 Å². The molecular formula is C10H20F2N2. The second kappa shape index (κ2) is 4.53. The van der Waals surface area contributed by atoms with Gasteiger partial charge in [0, 0.05) is 19.0 Å². The lowest BCUT2D eigenvalue weighted by Gasteiger charge is -2.32. The fourth-order valence-electron chi connectivity index (χ4n) is 1.88. The van der Waals surface area contributed by atoms with Crippen LogP contribution >= 0.6 is 0 Å². The number of hydrogen-bond donors (Lipinski definition) is 2. The summed E-state index contributed by atoms with van der Waals surface area (Å²) in [4.78, 5) is 0. The van der Waals surface area contributed by atoms with E-state index in [9.17, 15) is 8.78 Å². The van der Waals surface area contributed by atoms with E-state index in [1.165, 1.54) is 6.92 Å². The SMILES string of the molecule is CC(NC1CCCC(N)C1)C(C)(F)F. The van der Waals surface area contributed by atoms with Crippen LogP contribution in [0.1, 0.15) is 39.5 Å². The summed E-state index contributed by atoms with van der Waals surface area (Å²) in [7, 11) is 0. The quantitative estimate of drug-likeness (QED) is 0.740. The maximum Gasteiger partial charge on any atom is 0.260 e. The summed E-state index contributed by atoms with van der Waals surface area (Å²) in [5.74, 6) is -2.65. The van der Waals surface area contributed by atoms with E-state index < -0.39 is 12.0 Å². The van der Waals surface area contributed by atoms with Crippen molar-refractivity contribution < 1.29 is 8.78 Å². The largest absolute Gasteiger partial charge is 0.328 e. The van der Waals surface area contributed by atoms with Crippen LogP contribution in [0.5, 0.6) is 0 Å². The molecule has 0 spiro atoms. The molecule has 3 unspecified atom stereocenters. The van der Waals surface area contributed by atoms with E-state index in [1.54, 1.807) is 0 Å². The summed E-state index contributed by atoms with van der Waals surface area (Å²) in [6.45, 7) is 2.48. The molecule has 1 fully saturated rings. The molecule has 14 heavy (non-hydrogen) atoms. The lowest BCUT2D eigenvalue weighted by Crippen LogP contribution is -2.49. The third-order valence-electron chi connectivity index (χ3n) is 2.96. The van der Waals surface area contributed by atoms with Crippen LogP contribution in [0.25, 0.3) is 0 Å². The van der Waals surface area contributed by atoms with E-state index in [0.29, 0.717) is 0 Å². The Bertz CT molecular complexity index is 179. The van der Waals surface area contributed by atoms with Gasteiger partial charge in [-0.25, -0.2) is 8.78 Å². The van der Waals surface area contributed by atoms with Gasteiger partial charge in [-0.1, -0.05) is 6.42 Å². The Morgan fingerprint density at radius 1 is 1.43 bits per heavy atom. The second-order valence-corrected chi connectivity index (χ2v) is 4.47. The zero-order chi connectivity index (χ0) is 10.8. The standard InChI is InChI=1S/C10H20F2N2/c1-7(10(2,11)12)14-9-5-3-4-8(13)6-9/h7-9,14H,3-6,13H2,1-2H3. The minimum Gasteiger partial charge on any atom is -0.328 e. The van der Waals surface area contributed by atoms with Gasteiger partial charge in [-0.2, -0.15) is 0 Å². The van der Waals surface area contributed by atoms with Gasteiger partial charge in [0.05, 0.1) is 6.04 Å². The number of halogens is 2. The van der Waals surface area contributed by atoms with E-state index in [4.69, 9.17) is 5.73 Å². The summed E-state index contributed by atoms with van der Waals surface area (Å²) >= 11 is 0. The first kappa shape index (κ1) is 11.9. The fourth-order valence-corrected chi connectivity index (χ4v) is 1.88. The predicted octanol–water partition coefficient (Wildman–Crippen LogP) is 1.89. The van der Waals surface area contributed by atoms with Crippen molar-refractivity contribution in [1.82, 2.24) is 5.32 Å². The van der Waals surface area contributed by atoms with Gasteiger partial charge in [-0.3, -0.25) is 0 Å². The molecule has 0 radical (unpaired) electrons. The average molecular weight is 206 g/mol. The molecule has 1 rings (SSSR count). The molecule has 1 saturated carbocycles. The van der Waals surface area contributed by atoms with Crippen molar-refractivity contribution in [3.8, 4) is 0 Å². The topological polar surface area (TPSA) is 38.0 Å². The van der Waals surface area contributed by atoms with Gasteiger partial charge in [0.1, 0.15) is 0 Å². The summed E-state index contributed by atoms with van der Waals surface area (Å²) in [5, 5.41) is 2.96. The Morgan fingerprint density at radius 2 is 2.07 bits per heavy atom. The molecular weight excluding hydrogens is 186 g/mol. The van der Waals surface area contributed by atoms with Crippen molar-refractivity contribution >= 4 is 0 Å². The van der Waals surface area contributed by atoms with E-state index in [0.717, 1.165) is 32.6 Å². The van der Waals surface area contributed by atoms with E-state index in [1.807, 2.05) is 0 Å². The predicted molar refractivity (Wildman–Crippen MR) is 53.5 cm³/mol. The Kier molecular flexibility index (Phi) is 3.84. The maximum absolute atomic E-state index is 12.9. The Hall–Kier alpha value is -0.220. The van der Waals surface area contributed by atoms with Crippen LogP contribution in [0, 0.1) is 0 Å². The molecule has 1 aliphatic rings. The molecule has 84 valence electrons. The molecule has 4 heteroatoms. The third kappa shape index (κ3) is 3.50. The van der Waals surface area contributed by atoms with Gasteiger partial charge in [0.25, 0.3) is 5.92 Å². The Morgan fingerprint density at radius 3 is 2.57 bits per heavy atom. The van der Waals surface area contributed by atoms with Gasteiger partial charge < -0.3 is 11.1 Å². The monoisotopic (exact) mass is 206 g/mol. The molecule has 0 aromatic heterocycles. The Labute approximate surface area is 84.2 Å². The molecule has 3 N–H and O–H groups in total. The van der Waals surface area contributed by atoms with Crippen LogP contribution in [-0.2, 0) is 0 Å². The number of alkyl halides is 2. The third-order valence-corrected chi connectivity index (χ3v) is 2.96. The lowest BCUT2D eigenvalue weighted by molar-refractivity contribution is -0.0174. The Balaban J connectivity index is 2.36. The molecule has 3 atom stereocenters. The van der Waals surface area contributed by atoms with E-state index in [2.05, 4.69) is 5.32 Å². The first-order chi connectivity index (χ1) is 6.39. The zero-order valence-corrected chi connectivity index (χ0v) is 8.89. The molecule has 0 heterocycles. The molecule has 0 aliphatic heterocycles. The van der Waals surface area contributed by atoms with Crippen molar-refractivity contribution in [3.05, 3.63) is 0 Å². The van der Waals surface area contributed by atoms with Crippen molar-refractivity contribution in [2.24, 2.45) is 5.73 Å². The van der Waals surface area contributed by atoms with Crippen molar-refractivity contribution in [2.45, 2.75) is 63.6 Å². The van der Waals surface area contributed by atoms with Crippen LogP contribution in [0.2, 0.25) is 0 Å². The van der Waals surface area contributed by atoms with Crippen LogP contribution in [0.15, 0.2) is 0 Å². The van der Waals surface area contributed by atoms with Crippen LogP contribution in [-0.4, -0.2) is 24.0 Å². The summed E-state index contributed by atoms with van der Waals surface area (Å²) in [5.41, 5.74) is 5.78. The zero-order valence-electron chi connectivity index (χ0n) is 8.89. The van der Waals surface area contributed by atoms with Gasteiger partial charge in [0.15, 0.2) is 0 Å². The molecule has 0 bridgehead atoms. The highest BCUT2D eigenvalue weighted by Gasteiger charge is 2.32. The van der Waals surface area contributed by atoms with Gasteiger partial charge in [0.2, 0.25) is 0 Å². The van der Waals surface area contributed by atoms with Crippen molar-refractivity contribution in [1.29, 1.82) is 0 Å². The highest BCUT2D eigenvalue weighted by atomic mass is 19.3. The minimum atomic E-state index is -2.65. The fraction of sp³-hybridized carbons (Fsp3) is 1.00. The number of nitrogens with two attached hydrogens (primary N) is 1. The highest BCUT2D eigenvalue weighted by Crippen LogP contribution is 2.22. The highest BCUT2D eigenvalue weighted by molar-refractivity contribution is 4.84. The van der Waals surface area contributed by atoms with Crippen molar-refractivity contribution in [2.75, 3.05) is 0 Å². The number of nitrogens with one attached hydrogen (secondary N) is 1. The van der Waals surface area contributed by atoms with E-state index >= 15 is 0 Å². The first-order valence-electron chi connectivity index (χ1n) is 5.29. The van der Waals surface area contributed by atoms with Crippen molar-refractivity contribution in [3.63, 3.8) is 0 Å². The van der Waals surface area contributed by atoms with Crippen LogP contribution in [0.4, 0.5) is 8.78 Å². The van der Waals surface area contributed by atoms with Crippen LogP contribution < -0.4 is 11.1 Å². The minimum absolute atomic E-state index is 0.166. The van der Waals surface area contributed by atoms with Gasteiger partial charge in [-0.05, 0) is 26.2 Å². The van der Waals surface area contributed by atoms with Gasteiger partial charge >= 0.3 is 0 Å². The summed E-state index contributed by atoms with van der Waals surface area (Å²) in [6, 6.07) is -0.420. The molecule has 0 amide bonds. The summed E-state index contributed by atoms with van der Waals surface area (Å²) in [6.07, 6.45) is 3.85. The second-order valence-electron chi connectivity index (χ2n) is 4.47. The average Bonchev–Trinajstić information content (AvgIpc) is 2.02. The molecule has 0 aromatic rings. The molecule has 2 nitrogen and oxygen atoms in total. The first-order valence-corrected chi connectivity index (χ1v) is 5.29. The number of rotatable bonds is 3.